The average molecular weight is 453 g/mol. The molecule has 1 fully saturated rings. The van der Waals surface area contributed by atoms with Gasteiger partial charge >= 0.3 is 6.09 Å². The minimum absolute atomic E-state index is 0.0150. The number of benzene rings is 1. The molecule has 1 saturated heterocycles. The maximum Gasteiger partial charge on any atom is 0.414 e. The predicted molar refractivity (Wildman–Crippen MR) is 113 cm³/mol. The summed E-state index contributed by atoms with van der Waals surface area (Å²) in [5.41, 5.74) is 2.28. The molecule has 0 bridgehead atoms. The van der Waals surface area contributed by atoms with Gasteiger partial charge in [-0.3, -0.25) is 4.90 Å². The van der Waals surface area contributed by atoms with Crippen molar-refractivity contribution in [2.45, 2.75) is 24.8 Å². The van der Waals surface area contributed by atoms with Gasteiger partial charge in [-0.1, -0.05) is 11.3 Å². The lowest BCUT2D eigenvalue weighted by Gasteiger charge is -2.17. The lowest BCUT2D eigenvalue weighted by molar-refractivity contribution is 0.129. The molecule has 11 heteroatoms. The minimum atomic E-state index is -3.08. The molecule has 0 saturated carbocycles. The Morgan fingerprint density at radius 1 is 1.37 bits per heavy atom. The van der Waals surface area contributed by atoms with Crippen molar-refractivity contribution in [3.05, 3.63) is 47.5 Å². The smallest absolute Gasteiger partial charge is 0.414 e. The molecule has 1 unspecified atom stereocenters. The fourth-order valence-corrected chi connectivity index (χ4v) is 5.11. The fraction of sp³-hybridized carbons (Fsp3) is 0.421. The van der Waals surface area contributed by atoms with Crippen LogP contribution in [0, 0.1) is 5.82 Å². The highest BCUT2D eigenvalue weighted by atomic mass is 32.2. The van der Waals surface area contributed by atoms with E-state index in [1.807, 2.05) is 12.5 Å². The van der Waals surface area contributed by atoms with Crippen LogP contribution in [0.1, 0.15) is 17.7 Å². The summed E-state index contributed by atoms with van der Waals surface area (Å²) >= 11 is 1.64. The number of halogens is 1. The molecule has 0 aliphatic carbocycles. The largest absolute Gasteiger partial charge is 0.442 e. The number of rotatable bonds is 6. The minimum Gasteiger partial charge on any atom is -0.442 e. The van der Waals surface area contributed by atoms with E-state index in [1.165, 1.54) is 11.0 Å². The second-order valence-corrected chi connectivity index (χ2v) is 10.3. The molecular weight excluding hydrogens is 431 g/mol. The van der Waals surface area contributed by atoms with Gasteiger partial charge in [-0.15, -0.1) is 5.10 Å². The van der Waals surface area contributed by atoms with E-state index in [0.29, 0.717) is 23.4 Å². The summed E-state index contributed by atoms with van der Waals surface area (Å²) in [6.45, 7) is 0.641. The second-order valence-electron chi connectivity index (χ2n) is 7.24. The van der Waals surface area contributed by atoms with Gasteiger partial charge in [-0.25, -0.2) is 22.3 Å². The summed E-state index contributed by atoms with van der Waals surface area (Å²) in [6.07, 6.45) is 4.67. The molecule has 1 atom stereocenters. The Labute approximate surface area is 178 Å². The van der Waals surface area contributed by atoms with Crippen LogP contribution in [-0.4, -0.2) is 59.9 Å². The van der Waals surface area contributed by atoms with Gasteiger partial charge in [0.1, 0.15) is 11.9 Å². The first kappa shape index (κ1) is 20.9. The van der Waals surface area contributed by atoms with Crippen molar-refractivity contribution in [3.8, 4) is 0 Å². The summed E-state index contributed by atoms with van der Waals surface area (Å²) in [5.74, 6) is 0.197. The topological polar surface area (TPSA) is 94.4 Å². The highest BCUT2D eigenvalue weighted by Crippen LogP contribution is 2.30. The SMILES string of the molecule is CSCc1cn(CC2CN(c3ccc(C4=CCS(=O)(=O)CC4)c(F)c3)C(=O)O2)nn1. The van der Waals surface area contributed by atoms with Crippen LogP contribution in [0.3, 0.4) is 0 Å². The molecule has 2 aliphatic rings. The van der Waals surface area contributed by atoms with Gasteiger partial charge in [0.2, 0.25) is 0 Å². The van der Waals surface area contributed by atoms with E-state index >= 15 is 0 Å². The van der Waals surface area contributed by atoms with Gasteiger partial charge in [0.25, 0.3) is 0 Å². The first-order valence-electron chi connectivity index (χ1n) is 9.40. The van der Waals surface area contributed by atoms with Gasteiger partial charge < -0.3 is 4.74 Å². The molecule has 8 nitrogen and oxygen atoms in total. The number of sulfone groups is 1. The molecule has 0 N–H and O–H groups in total. The molecule has 1 aromatic heterocycles. The first-order valence-corrected chi connectivity index (χ1v) is 12.6. The lowest BCUT2D eigenvalue weighted by Crippen LogP contribution is -2.26. The Balaban J connectivity index is 1.45. The maximum absolute atomic E-state index is 14.7. The quantitative estimate of drug-likeness (QED) is 0.665. The fourth-order valence-electron chi connectivity index (χ4n) is 3.53. The number of carbonyl (C=O) groups excluding carboxylic acids is 1. The van der Waals surface area contributed by atoms with Crippen LogP contribution in [-0.2, 0) is 26.9 Å². The third-order valence-electron chi connectivity index (χ3n) is 5.02. The maximum atomic E-state index is 14.7. The van der Waals surface area contributed by atoms with E-state index in [-0.39, 0.29) is 24.5 Å². The van der Waals surface area contributed by atoms with Crippen LogP contribution in [0.5, 0.6) is 0 Å². The van der Waals surface area contributed by atoms with Crippen LogP contribution < -0.4 is 4.90 Å². The molecule has 2 aliphatic heterocycles. The molecule has 160 valence electrons. The van der Waals surface area contributed by atoms with Gasteiger partial charge in [0.05, 0.1) is 36.0 Å². The number of thioether (sulfide) groups is 1. The number of carbonyl (C=O) groups is 1. The van der Waals surface area contributed by atoms with Crippen LogP contribution in [0.25, 0.3) is 5.57 Å². The van der Waals surface area contributed by atoms with Gasteiger partial charge in [0.15, 0.2) is 9.84 Å². The summed E-state index contributed by atoms with van der Waals surface area (Å²) < 4.78 is 44.9. The zero-order valence-corrected chi connectivity index (χ0v) is 18.0. The third-order valence-corrected chi connectivity index (χ3v) is 7.10. The van der Waals surface area contributed by atoms with Crippen molar-refractivity contribution in [2.24, 2.45) is 0 Å². The predicted octanol–water partition coefficient (Wildman–Crippen LogP) is 2.51. The molecule has 0 radical (unpaired) electrons. The number of hydrogen-bond donors (Lipinski definition) is 0. The van der Waals surface area contributed by atoms with Crippen molar-refractivity contribution < 1.29 is 22.3 Å². The van der Waals surface area contributed by atoms with Crippen molar-refractivity contribution in [1.82, 2.24) is 15.0 Å². The molecule has 1 aromatic carbocycles. The number of hydrogen-bond acceptors (Lipinski definition) is 7. The molecule has 30 heavy (non-hydrogen) atoms. The number of ether oxygens (including phenoxy) is 1. The normalized spacial score (nSPS) is 20.9. The Morgan fingerprint density at radius 3 is 2.90 bits per heavy atom. The van der Waals surface area contributed by atoms with E-state index in [4.69, 9.17) is 4.74 Å². The molecular formula is C19H21FN4O4S2. The van der Waals surface area contributed by atoms with Crippen molar-refractivity contribution in [1.29, 1.82) is 0 Å². The number of amides is 1. The molecule has 4 rings (SSSR count). The monoisotopic (exact) mass is 452 g/mol. The van der Waals surface area contributed by atoms with E-state index in [0.717, 1.165) is 11.4 Å². The Hall–Kier alpha value is -2.40. The van der Waals surface area contributed by atoms with E-state index in [1.54, 1.807) is 34.7 Å². The zero-order valence-electron chi connectivity index (χ0n) is 16.3. The van der Waals surface area contributed by atoms with Crippen molar-refractivity contribution in [3.63, 3.8) is 0 Å². The Bertz CT molecular complexity index is 1100. The van der Waals surface area contributed by atoms with E-state index in [2.05, 4.69) is 10.3 Å². The van der Waals surface area contributed by atoms with Gasteiger partial charge in [-0.05, 0) is 36.4 Å². The third kappa shape index (κ3) is 4.51. The van der Waals surface area contributed by atoms with Crippen molar-refractivity contribution in [2.75, 3.05) is 29.2 Å². The summed E-state index contributed by atoms with van der Waals surface area (Å²) in [7, 11) is -3.08. The van der Waals surface area contributed by atoms with Crippen LogP contribution in [0.2, 0.25) is 0 Å². The average Bonchev–Trinajstić information content (AvgIpc) is 3.29. The number of nitrogens with zero attached hydrogens (tertiary/aromatic N) is 4. The Morgan fingerprint density at radius 2 is 2.20 bits per heavy atom. The van der Waals surface area contributed by atoms with Gasteiger partial charge in [-0.2, -0.15) is 11.8 Å². The standard InChI is InChI=1S/C19H21FN4O4S2/c1-29-12-14-9-23(22-21-14)10-16-11-24(19(25)28-16)15-2-3-17(18(20)8-15)13-4-6-30(26,27)7-5-13/h2-4,8-9,16H,5-7,10-12H2,1H3. The number of aromatic nitrogens is 3. The zero-order chi connectivity index (χ0) is 21.3. The number of anilines is 1. The Kier molecular flexibility index (Phi) is 5.83. The second kappa shape index (κ2) is 8.38. The highest BCUT2D eigenvalue weighted by Gasteiger charge is 2.33. The first-order chi connectivity index (χ1) is 14.3. The molecule has 0 spiro atoms. The summed E-state index contributed by atoms with van der Waals surface area (Å²) in [4.78, 5) is 13.7. The van der Waals surface area contributed by atoms with E-state index in [9.17, 15) is 17.6 Å². The molecule has 2 aromatic rings. The van der Waals surface area contributed by atoms with Crippen LogP contribution in [0.4, 0.5) is 14.9 Å². The molecule has 3 heterocycles. The van der Waals surface area contributed by atoms with Crippen molar-refractivity contribution >= 4 is 39.0 Å². The highest BCUT2D eigenvalue weighted by molar-refractivity contribution is 7.97. The van der Waals surface area contributed by atoms with Crippen LogP contribution in [0.15, 0.2) is 30.5 Å². The van der Waals surface area contributed by atoms with Crippen LogP contribution >= 0.6 is 11.8 Å². The molecule has 1 amide bonds. The number of cyclic esters (lactones) is 1. The lowest BCUT2D eigenvalue weighted by atomic mass is 10.0. The number of allylic oxidation sites excluding steroid dienone is 1. The van der Waals surface area contributed by atoms with Gasteiger partial charge in [0, 0.05) is 17.5 Å². The van der Waals surface area contributed by atoms with E-state index < -0.39 is 27.9 Å². The summed E-state index contributed by atoms with van der Waals surface area (Å²) in [5, 5.41) is 8.11. The summed E-state index contributed by atoms with van der Waals surface area (Å²) in [6, 6.07) is 4.52.